The predicted octanol–water partition coefficient (Wildman–Crippen LogP) is 0.513. The summed E-state index contributed by atoms with van der Waals surface area (Å²) in [5, 5.41) is 9.70. The standard InChI is InChI=1S/C22H33N3O7S/c1-13(2)9-14(18(26)22(3)12-32-22)23-19(27)15(10-30-4)24-20(28)16(11-31-5)25-21(29)17-7-6-8-33-17/h6-8,13-16H,9-12H2,1-5H3,(H,23,27)(H,24,28)(H,25,29)/t14?,15-,16?,22?/m0/s1. The molecule has 0 spiro atoms. The summed E-state index contributed by atoms with van der Waals surface area (Å²) < 4.78 is 15.4. The van der Waals surface area contributed by atoms with Gasteiger partial charge in [-0.05, 0) is 30.7 Å². The lowest BCUT2D eigenvalue weighted by atomic mass is 9.93. The van der Waals surface area contributed by atoms with Gasteiger partial charge in [0.25, 0.3) is 5.91 Å². The third kappa shape index (κ3) is 7.88. The molecule has 3 unspecified atom stereocenters. The maximum Gasteiger partial charge on any atom is 0.262 e. The van der Waals surface area contributed by atoms with Gasteiger partial charge in [-0.2, -0.15) is 0 Å². The molecule has 0 aliphatic carbocycles. The van der Waals surface area contributed by atoms with Crippen LogP contribution < -0.4 is 16.0 Å². The second-order valence-electron chi connectivity index (χ2n) is 8.55. The van der Waals surface area contributed by atoms with Crippen LogP contribution in [-0.2, 0) is 28.6 Å². The third-order valence-electron chi connectivity index (χ3n) is 5.11. The van der Waals surface area contributed by atoms with Crippen LogP contribution in [0.4, 0.5) is 0 Å². The molecule has 33 heavy (non-hydrogen) atoms. The summed E-state index contributed by atoms with van der Waals surface area (Å²) in [5.74, 6) is -1.64. The van der Waals surface area contributed by atoms with Gasteiger partial charge in [-0.15, -0.1) is 11.3 Å². The summed E-state index contributed by atoms with van der Waals surface area (Å²) in [5.41, 5.74) is -0.886. The minimum atomic E-state index is -1.07. The van der Waals surface area contributed by atoms with Gasteiger partial charge in [-0.3, -0.25) is 19.2 Å². The predicted molar refractivity (Wildman–Crippen MR) is 122 cm³/mol. The highest BCUT2D eigenvalue weighted by Gasteiger charge is 2.50. The molecule has 184 valence electrons. The first-order chi connectivity index (χ1) is 15.6. The Morgan fingerprint density at radius 1 is 1.03 bits per heavy atom. The van der Waals surface area contributed by atoms with Crippen LogP contribution in [0.1, 0.15) is 36.9 Å². The smallest absolute Gasteiger partial charge is 0.262 e. The van der Waals surface area contributed by atoms with E-state index in [0.717, 1.165) is 0 Å². The van der Waals surface area contributed by atoms with Crippen LogP contribution in [-0.4, -0.2) is 81.3 Å². The highest BCUT2D eigenvalue weighted by molar-refractivity contribution is 7.12. The van der Waals surface area contributed by atoms with Crippen LogP contribution in [0.5, 0.6) is 0 Å². The molecular formula is C22H33N3O7S. The van der Waals surface area contributed by atoms with Gasteiger partial charge in [0.1, 0.15) is 17.7 Å². The molecule has 3 N–H and O–H groups in total. The number of ether oxygens (including phenoxy) is 3. The van der Waals surface area contributed by atoms with Gasteiger partial charge >= 0.3 is 0 Å². The summed E-state index contributed by atoms with van der Waals surface area (Å²) in [6.45, 7) is 5.69. The quantitative estimate of drug-likeness (QED) is 0.328. The van der Waals surface area contributed by atoms with E-state index in [-0.39, 0.29) is 24.9 Å². The van der Waals surface area contributed by atoms with E-state index in [4.69, 9.17) is 14.2 Å². The molecule has 11 heteroatoms. The van der Waals surface area contributed by atoms with Crippen molar-refractivity contribution in [1.82, 2.24) is 16.0 Å². The third-order valence-corrected chi connectivity index (χ3v) is 5.97. The minimum Gasteiger partial charge on any atom is -0.382 e. The molecule has 1 aliphatic heterocycles. The molecule has 3 amide bonds. The van der Waals surface area contributed by atoms with E-state index in [9.17, 15) is 19.2 Å². The van der Waals surface area contributed by atoms with Crippen LogP contribution in [0.3, 0.4) is 0 Å². The van der Waals surface area contributed by atoms with Crippen LogP contribution >= 0.6 is 11.3 Å². The summed E-state index contributed by atoms with van der Waals surface area (Å²) in [6, 6.07) is 0.513. The van der Waals surface area contributed by atoms with Crippen molar-refractivity contribution in [2.24, 2.45) is 5.92 Å². The normalized spacial score (nSPS) is 19.9. The molecule has 0 radical (unpaired) electrons. The molecule has 0 aromatic carbocycles. The zero-order chi connectivity index (χ0) is 24.6. The molecule has 1 aromatic heterocycles. The second-order valence-corrected chi connectivity index (χ2v) is 9.50. The Bertz CT molecular complexity index is 824. The van der Waals surface area contributed by atoms with Crippen molar-refractivity contribution in [2.45, 2.75) is 50.9 Å². The maximum atomic E-state index is 13.0. The molecule has 1 saturated heterocycles. The number of amides is 3. The molecule has 2 heterocycles. The fraction of sp³-hybridized carbons (Fsp3) is 0.636. The number of carbonyl (C=O) groups is 4. The van der Waals surface area contributed by atoms with Gasteiger partial charge in [0.15, 0.2) is 5.78 Å². The number of rotatable bonds is 14. The fourth-order valence-corrected chi connectivity index (χ4v) is 3.83. The van der Waals surface area contributed by atoms with E-state index < -0.39 is 41.4 Å². The van der Waals surface area contributed by atoms with Crippen LogP contribution in [0.25, 0.3) is 0 Å². The van der Waals surface area contributed by atoms with Crippen molar-refractivity contribution < 1.29 is 33.4 Å². The lowest BCUT2D eigenvalue weighted by Crippen LogP contribution is -2.58. The summed E-state index contributed by atoms with van der Waals surface area (Å²) in [4.78, 5) is 51.5. The van der Waals surface area contributed by atoms with E-state index in [2.05, 4.69) is 16.0 Å². The molecule has 1 fully saturated rings. The Hall–Kier alpha value is -2.34. The van der Waals surface area contributed by atoms with Crippen molar-refractivity contribution in [1.29, 1.82) is 0 Å². The van der Waals surface area contributed by atoms with Gasteiger partial charge < -0.3 is 30.2 Å². The summed E-state index contributed by atoms with van der Waals surface area (Å²) in [6.07, 6.45) is 0.431. The van der Waals surface area contributed by atoms with Gasteiger partial charge in [-0.25, -0.2) is 0 Å². The highest BCUT2D eigenvalue weighted by atomic mass is 32.1. The van der Waals surface area contributed by atoms with Gasteiger partial charge in [-0.1, -0.05) is 19.9 Å². The highest BCUT2D eigenvalue weighted by Crippen LogP contribution is 2.29. The van der Waals surface area contributed by atoms with E-state index in [0.29, 0.717) is 17.9 Å². The fourth-order valence-electron chi connectivity index (χ4n) is 3.20. The monoisotopic (exact) mass is 483 g/mol. The Labute approximate surface area is 197 Å². The maximum absolute atomic E-state index is 13.0. The van der Waals surface area contributed by atoms with Gasteiger partial charge in [0.05, 0.1) is 30.7 Å². The largest absolute Gasteiger partial charge is 0.382 e. The lowest BCUT2D eigenvalue weighted by molar-refractivity contribution is -0.134. The Kier molecular flexibility index (Phi) is 9.96. The topological polar surface area (TPSA) is 135 Å². The zero-order valence-corrected chi connectivity index (χ0v) is 20.5. The average molecular weight is 484 g/mol. The summed E-state index contributed by atoms with van der Waals surface area (Å²) in [7, 11) is 2.80. The Morgan fingerprint density at radius 3 is 2.03 bits per heavy atom. The van der Waals surface area contributed by atoms with Crippen molar-refractivity contribution in [3.8, 4) is 0 Å². The lowest BCUT2D eigenvalue weighted by Gasteiger charge is -2.26. The van der Waals surface area contributed by atoms with Crippen molar-refractivity contribution in [3.63, 3.8) is 0 Å². The number of methoxy groups -OCH3 is 2. The first-order valence-electron chi connectivity index (χ1n) is 10.7. The zero-order valence-electron chi connectivity index (χ0n) is 19.6. The number of Topliss-reactive ketones (excluding diaryl/α,β-unsaturated/α-hetero) is 1. The van der Waals surface area contributed by atoms with Crippen molar-refractivity contribution in [2.75, 3.05) is 34.0 Å². The number of epoxide rings is 1. The van der Waals surface area contributed by atoms with E-state index >= 15 is 0 Å². The second kappa shape index (κ2) is 12.2. The molecule has 10 nitrogen and oxygen atoms in total. The van der Waals surface area contributed by atoms with Gasteiger partial charge in [0.2, 0.25) is 11.8 Å². The number of hydrogen-bond donors (Lipinski definition) is 3. The minimum absolute atomic E-state index is 0.0889. The van der Waals surface area contributed by atoms with Crippen LogP contribution in [0, 0.1) is 5.92 Å². The first kappa shape index (κ1) is 26.9. The average Bonchev–Trinajstić information content (AvgIpc) is 3.27. The number of ketones is 1. The van der Waals surface area contributed by atoms with Crippen LogP contribution in [0.2, 0.25) is 0 Å². The number of thiophene rings is 1. The molecule has 4 atom stereocenters. The number of carbonyl (C=O) groups excluding carboxylic acids is 4. The van der Waals surface area contributed by atoms with E-state index in [1.165, 1.54) is 25.6 Å². The molecule has 1 aromatic rings. The first-order valence-corrected chi connectivity index (χ1v) is 11.6. The van der Waals surface area contributed by atoms with Gasteiger partial charge in [0, 0.05) is 14.2 Å². The molecule has 0 saturated carbocycles. The SMILES string of the molecule is COCC(NC(=O)c1cccs1)C(=O)N[C@@H](COC)C(=O)NC(CC(C)C)C(=O)C1(C)CO1. The number of hydrogen-bond acceptors (Lipinski definition) is 8. The van der Waals surface area contributed by atoms with E-state index in [1.807, 2.05) is 13.8 Å². The molecular weight excluding hydrogens is 450 g/mol. The summed E-state index contributed by atoms with van der Waals surface area (Å²) >= 11 is 1.24. The Morgan fingerprint density at radius 2 is 1.58 bits per heavy atom. The molecule has 0 bridgehead atoms. The van der Waals surface area contributed by atoms with E-state index in [1.54, 1.807) is 24.4 Å². The number of nitrogens with one attached hydrogen (secondary N) is 3. The van der Waals surface area contributed by atoms with Crippen molar-refractivity contribution in [3.05, 3.63) is 22.4 Å². The molecule has 1 aliphatic rings. The van der Waals surface area contributed by atoms with Crippen molar-refractivity contribution >= 4 is 34.8 Å². The Balaban J connectivity index is 2.07. The van der Waals surface area contributed by atoms with Crippen LogP contribution in [0.15, 0.2) is 17.5 Å². The molecule has 2 rings (SSSR count).